The van der Waals surface area contributed by atoms with Crippen molar-refractivity contribution in [2.75, 3.05) is 11.4 Å². The molecule has 3 heterocycles. The van der Waals surface area contributed by atoms with Crippen molar-refractivity contribution in [3.8, 4) is 10.4 Å². The van der Waals surface area contributed by atoms with Crippen LogP contribution in [0.3, 0.4) is 0 Å². The van der Waals surface area contributed by atoms with Crippen LogP contribution >= 0.6 is 11.3 Å². The first-order valence-corrected chi connectivity index (χ1v) is 9.54. The minimum Gasteiger partial charge on any atom is -0.345 e. The molecule has 27 heavy (non-hydrogen) atoms. The number of hydrogen-bond donors (Lipinski definition) is 2. The number of thiazole rings is 1. The summed E-state index contributed by atoms with van der Waals surface area (Å²) in [5, 5.41) is 4.02. The van der Waals surface area contributed by atoms with Crippen molar-refractivity contribution in [3.63, 3.8) is 0 Å². The van der Waals surface area contributed by atoms with Crippen LogP contribution < -0.4 is 10.2 Å². The molecule has 2 amide bonds. The second-order valence-corrected chi connectivity index (χ2v) is 7.78. The molecule has 1 aliphatic rings. The van der Waals surface area contributed by atoms with Gasteiger partial charge in [-0.2, -0.15) is 0 Å². The Balaban J connectivity index is 1.48. The highest BCUT2D eigenvalue weighted by Gasteiger charge is 2.33. The molecule has 0 saturated carbocycles. The first kappa shape index (κ1) is 16.0. The van der Waals surface area contributed by atoms with Gasteiger partial charge in [0.2, 0.25) is 0 Å². The zero-order valence-electron chi connectivity index (χ0n) is 14.6. The minimum absolute atomic E-state index is 0.0462. The average molecular weight is 375 g/mol. The third-order valence-corrected chi connectivity index (χ3v) is 5.82. The van der Waals surface area contributed by atoms with Crippen molar-refractivity contribution < 1.29 is 4.79 Å². The predicted octanol–water partition coefficient (Wildman–Crippen LogP) is 4.27. The minimum atomic E-state index is -0.0824. The van der Waals surface area contributed by atoms with E-state index in [4.69, 9.17) is 0 Å². The highest BCUT2D eigenvalue weighted by atomic mass is 32.1. The predicted molar refractivity (Wildman–Crippen MR) is 107 cm³/mol. The van der Waals surface area contributed by atoms with Crippen molar-refractivity contribution >= 4 is 34.1 Å². The number of hydrogen-bond acceptors (Lipinski definition) is 4. The van der Waals surface area contributed by atoms with Crippen LogP contribution in [0.4, 0.5) is 10.5 Å². The Kier molecular flexibility index (Phi) is 3.68. The van der Waals surface area contributed by atoms with E-state index >= 15 is 0 Å². The van der Waals surface area contributed by atoms with Crippen molar-refractivity contribution in [1.82, 2.24) is 20.3 Å². The molecule has 5 rings (SSSR count). The van der Waals surface area contributed by atoms with Crippen molar-refractivity contribution in [1.29, 1.82) is 0 Å². The molecular weight excluding hydrogens is 358 g/mol. The van der Waals surface area contributed by atoms with Crippen molar-refractivity contribution in [3.05, 3.63) is 65.6 Å². The fourth-order valence-electron chi connectivity index (χ4n) is 3.50. The topological polar surface area (TPSA) is 73.9 Å². The van der Waals surface area contributed by atoms with E-state index in [-0.39, 0.29) is 12.1 Å². The summed E-state index contributed by atoms with van der Waals surface area (Å²) in [7, 11) is 0. The molecule has 4 aromatic rings. The van der Waals surface area contributed by atoms with Gasteiger partial charge in [-0.15, -0.1) is 11.3 Å². The number of aromatic amines is 1. The number of nitrogens with zero attached hydrogens (tertiary/aromatic N) is 3. The van der Waals surface area contributed by atoms with E-state index in [1.165, 1.54) is 0 Å². The average Bonchev–Trinajstić information content (AvgIpc) is 3.41. The Hall–Kier alpha value is -3.19. The van der Waals surface area contributed by atoms with E-state index in [0.29, 0.717) is 6.54 Å². The van der Waals surface area contributed by atoms with E-state index in [2.05, 4.69) is 44.5 Å². The van der Waals surface area contributed by atoms with Gasteiger partial charge in [0.1, 0.15) is 0 Å². The molecule has 0 bridgehead atoms. The van der Waals surface area contributed by atoms with Crippen LogP contribution in [0.2, 0.25) is 0 Å². The fraction of sp³-hybridized carbons (Fsp3) is 0.150. The molecule has 134 valence electrons. The SMILES string of the molecule is Cc1ncc(-c2ccc(C3CNC(=O)N3c3ccc4nc[nH]c4c3)cc2)s1. The van der Waals surface area contributed by atoms with Gasteiger partial charge in [-0.05, 0) is 36.2 Å². The maximum atomic E-state index is 12.5. The van der Waals surface area contributed by atoms with Gasteiger partial charge >= 0.3 is 6.03 Å². The summed E-state index contributed by atoms with van der Waals surface area (Å²) in [5.41, 5.74) is 4.91. The smallest absolute Gasteiger partial charge is 0.322 e. The number of carbonyl (C=O) groups excluding carboxylic acids is 1. The Morgan fingerprint density at radius 1 is 1.15 bits per heavy atom. The number of aromatic nitrogens is 3. The van der Waals surface area contributed by atoms with Crippen LogP contribution in [0.1, 0.15) is 16.6 Å². The van der Waals surface area contributed by atoms with Crippen LogP contribution in [0, 0.1) is 6.92 Å². The number of H-pyrrole nitrogens is 1. The van der Waals surface area contributed by atoms with Gasteiger partial charge in [-0.3, -0.25) is 4.90 Å². The molecule has 1 saturated heterocycles. The molecule has 1 fully saturated rings. The highest BCUT2D eigenvalue weighted by molar-refractivity contribution is 7.15. The second kappa shape index (κ2) is 6.21. The summed E-state index contributed by atoms with van der Waals surface area (Å²) >= 11 is 1.68. The molecule has 1 aliphatic heterocycles. The lowest BCUT2D eigenvalue weighted by molar-refractivity contribution is 0.251. The van der Waals surface area contributed by atoms with Gasteiger partial charge in [0.15, 0.2) is 0 Å². The zero-order valence-corrected chi connectivity index (χ0v) is 15.5. The Labute approximate surface area is 159 Å². The summed E-state index contributed by atoms with van der Waals surface area (Å²) in [6.07, 6.45) is 3.57. The van der Waals surface area contributed by atoms with E-state index in [0.717, 1.165) is 37.7 Å². The normalized spacial score (nSPS) is 16.9. The zero-order chi connectivity index (χ0) is 18.4. The Bertz CT molecular complexity index is 1130. The quantitative estimate of drug-likeness (QED) is 0.562. The van der Waals surface area contributed by atoms with E-state index in [1.807, 2.05) is 36.2 Å². The van der Waals surface area contributed by atoms with E-state index < -0.39 is 0 Å². The summed E-state index contributed by atoms with van der Waals surface area (Å²) in [6.45, 7) is 2.59. The van der Waals surface area contributed by atoms with Crippen molar-refractivity contribution in [2.24, 2.45) is 0 Å². The molecule has 0 aliphatic carbocycles. The number of nitrogens with one attached hydrogen (secondary N) is 2. The van der Waals surface area contributed by atoms with Crippen LogP contribution in [0.25, 0.3) is 21.5 Å². The highest BCUT2D eigenvalue weighted by Crippen LogP contribution is 2.33. The van der Waals surface area contributed by atoms with Gasteiger partial charge in [-0.1, -0.05) is 24.3 Å². The number of urea groups is 1. The monoisotopic (exact) mass is 375 g/mol. The molecule has 2 aromatic heterocycles. The van der Waals surface area contributed by atoms with E-state index in [1.54, 1.807) is 17.7 Å². The molecule has 2 aromatic carbocycles. The number of aryl methyl sites for hydroxylation is 1. The van der Waals surface area contributed by atoms with Crippen LogP contribution in [0.15, 0.2) is 55.0 Å². The third kappa shape index (κ3) is 2.76. The lowest BCUT2D eigenvalue weighted by Crippen LogP contribution is -2.29. The number of imidazole rings is 1. The number of carbonyl (C=O) groups is 1. The molecule has 1 unspecified atom stereocenters. The van der Waals surface area contributed by atoms with Gasteiger partial charge < -0.3 is 10.3 Å². The molecule has 0 spiro atoms. The van der Waals surface area contributed by atoms with Crippen LogP contribution in [0.5, 0.6) is 0 Å². The fourth-order valence-corrected chi connectivity index (χ4v) is 4.29. The van der Waals surface area contributed by atoms with Gasteiger partial charge in [-0.25, -0.2) is 14.8 Å². The summed E-state index contributed by atoms with van der Waals surface area (Å²) in [5.74, 6) is 0. The van der Waals surface area contributed by atoms with E-state index in [9.17, 15) is 4.79 Å². The molecule has 6 nitrogen and oxygen atoms in total. The maximum Gasteiger partial charge on any atom is 0.322 e. The lowest BCUT2D eigenvalue weighted by Gasteiger charge is -2.23. The first-order chi connectivity index (χ1) is 13.2. The Morgan fingerprint density at radius 3 is 2.78 bits per heavy atom. The number of fused-ring (bicyclic) bond motifs is 1. The van der Waals surface area contributed by atoms with Crippen LogP contribution in [-0.4, -0.2) is 27.5 Å². The Morgan fingerprint density at radius 2 is 2.00 bits per heavy atom. The summed E-state index contributed by atoms with van der Waals surface area (Å²) in [4.78, 5) is 27.1. The third-order valence-electron chi connectivity index (χ3n) is 4.86. The lowest BCUT2D eigenvalue weighted by atomic mass is 10.0. The standard InChI is InChI=1S/C20H17N5OS/c1-12-21-10-19(27-12)14-4-2-13(3-5-14)18-9-22-20(26)25(18)15-6-7-16-17(8-15)24-11-23-16/h2-8,10-11,18H,9H2,1H3,(H,22,26)(H,23,24). The largest absolute Gasteiger partial charge is 0.345 e. The summed E-state index contributed by atoms with van der Waals surface area (Å²) < 4.78 is 0. The number of anilines is 1. The molecule has 7 heteroatoms. The second-order valence-electron chi connectivity index (χ2n) is 6.54. The van der Waals surface area contributed by atoms with Gasteiger partial charge in [0.05, 0.1) is 33.3 Å². The number of benzene rings is 2. The van der Waals surface area contributed by atoms with Gasteiger partial charge in [0, 0.05) is 18.4 Å². The molecule has 2 N–H and O–H groups in total. The van der Waals surface area contributed by atoms with Gasteiger partial charge in [0.25, 0.3) is 0 Å². The first-order valence-electron chi connectivity index (χ1n) is 8.72. The van der Waals surface area contributed by atoms with Crippen LogP contribution in [-0.2, 0) is 0 Å². The molecule has 1 atom stereocenters. The maximum absolute atomic E-state index is 12.5. The van der Waals surface area contributed by atoms with Crippen molar-refractivity contribution in [2.45, 2.75) is 13.0 Å². The molecular formula is C20H17N5OS. The summed E-state index contributed by atoms with van der Waals surface area (Å²) in [6, 6.07) is 14.1. The number of rotatable bonds is 3. The number of amides is 2. The molecule has 0 radical (unpaired) electrons.